The lowest BCUT2D eigenvalue weighted by atomic mass is 9.92. The lowest BCUT2D eigenvalue weighted by Gasteiger charge is -2.26. The fraction of sp³-hybridized carbons (Fsp3) is 0.429. The fourth-order valence-electron chi connectivity index (χ4n) is 3.31. The molecule has 0 saturated carbocycles. The first-order valence-electron chi connectivity index (χ1n) is 9.33. The van der Waals surface area contributed by atoms with Crippen molar-refractivity contribution in [1.29, 1.82) is 0 Å². The van der Waals surface area contributed by atoms with Gasteiger partial charge in [0.05, 0.1) is 0 Å². The first kappa shape index (κ1) is 22.1. The molecule has 2 rings (SSSR count). The van der Waals surface area contributed by atoms with Crippen molar-refractivity contribution >= 4 is 0 Å². The monoisotopic (exact) mass is 391 g/mol. The van der Waals surface area contributed by atoms with Crippen LogP contribution in [0.15, 0.2) is 48.5 Å². The maximum absolute atomic E-state index is 9.99. The summed E-state index contributed by atoms with van der Waals surface area (Å²) in [5.41, 5.74) is 1.39. The number of hydrogen-bond donors (Lipinski definition) is 6. The molecule has 2 aromatic rings. The summed E-state index contributed by atoms with van der Waals surface area (Å²) in [6, 6.07) is 13.8. The lowest BCUT2D eigenvalue weighted by molar-refractivity contribution is -0.0679. The number of nitrogens with zero attached hydrogens (tertiary/aromatic N) is 1. The molecule has 0 bridgehead atoms. The fourth-order valence-corrected chi connectivity index (χ4v) is 3.31. The van der Waals surface area contributed by atoms with E-state index >= 15 is 0 Å². The Morgan fingerprint density at radius 3 is 1.86 bits per heavy atom. The normalized spacial score (nSPS) is 12.8. The molecule has 0 heterocycles. The molecule has 0 saturated heterocycles. The third kappa shape index (κ3) is 7.46. The van der Waals surface area contributed by atoms with Crippen molar-refractivity contribution in [1.82, 2.24) is 4.90 Å². The summed E-state index contributed by atoms with van der Waals surface area (Å²) in [6.45, 7) is 0.783. The summed E-state index contributed by atoms with van der Waals surface area (Å²) in [5, 5.41) is 57.6. The Balaban J connectivity index is 2.05. The van der Waals surface area contributed by atoms with Gasteiger partial charge in [-0.05, 0) is 43.0 Å². The standard InChI is InChI=1S/C21H29NO6/c23-18-7-3-1-5-16(18)11-15(12-20(25)26)9-10-22(14-21(27)28)13-17-6-2-4-8-19(17)24/h1-8,15,20-21,23-28H,9-14H2. The lowest BCUT2D eigenvalue weighted by Crippen LogP contribution is -2.34. The minimum atomic E-state index is -1.52. The molecule has 6 N–H and O–H groups in total. The highest BCUT2D eigenvalue weighted by Crippen LogP contribution is 2.25. The molecule has 2 aromatic carbocycles. The van der Waals surface area contributed by atoms with Gasteiger partial charge in [-0.15, -0.1) is 0 Å². The second-order valence-corrected chi connectivity index (χ2v) is 7.05. The Bertz CT molecular complexity index is 660. The maximum Gasteiger partial charge on any atom is 0.164 e. The number of rotatable bonds is 11. The van der Waals surface area contributed by atoms with Crippen molar-refractivity contribution in [2.24, 2.45) is 5.92 Å². The van der Waals surface area contributed by atoms with Crippen LogP contribution in [0.25, 0.3) is 0 Å². The molecule has 7 nitrogen and oxygen atoms in total. The predicted molar refractivity (Wildman–Crippen MR) is 104 cm³/mol. The van der Waals surface area contributed by atoms with E-state index in [9.17, 15) is 30.6 Å². The summed E-state index contributed by atoms with van der Waals surface area (Å²) in [7, 11) is 0. The van der Waals surface area contributed by atoms with Crippen molar-refractivity contribution < 1.29 is 30.6 Å². The second-order valence-electron chi connectivity index (χ2n) is 7.05. The van der Waals surface area contributed by atoms with Crippen LogP contribution < -0.4 is 0 Å². The molecule has 1 atom stereocenters. The molecule has 154 valence electrons. The van der Waals surface area contributed by atoms with Gasteiger partial charge in [-0.2, -0.15) is 0 Å². The van der Waals surface area contributed by atoms with Gasteiger partial charge in [0.25, 0.3) is 0 Å². The van der Waals surface area contributed by atoms with E-state index in [0.29, 0.717) is 31.5 Å². The Morgan fingerprint density at radius 2 is 1.32 bits per heavy atom. The van der Waals surface area contributed by atoms with Gasteiger partial charge in [0.15, 0.2) is 12.6 Å². The molecular weight excluding hydrogens is 362 g/mol. The van der Waals surface area contributed by atoms with Crippen molar-refractivity contribution in [3.8, 4) is 11.5 Å². The van der Waals surface area contributed by atoms with Crippen LogP contribution in [0.5, 0.6) is 11.5 Å². The molecule has 0 amide bonds. The molecule has 1 unspecified atom stereocenters. The summed E-state index contributed by atoms with van der Waals surface area (Å²) in [4.78, 5) is 1.79. The van der Waals surface area contributed by atoms with Crippen molar-refractivity contribution in [2.75, 3.05) is 13.1 Å². The number of phenols is 2. The van der Waals surface area contributed by atoms with E-state index < -0.39 is 12.6 Å². The number of aliphatic hydroxyl groups excluding tert-OH is 2. The quantitative estimate of drug-likeness (QED) is 0.318. The zero-order valence-electron chi connectivity index (χ0n) is 15.7. The molecule has 7 heteroatoms. The summed E-state index contributed by atoms with van der Waals surface area (Å²) in [6.07, 6.45) is -1.83. The van der Waals surface area contributed by atoms with E-state index in [2.05, 4.69) is 0 Å². The molecule has 0 aliphatic carbocycles. The van der Waals surface area contributed by atoms with Gasteiger partial charge < -0.3 is 30.6 Å². The van der Waals surface area contributed by atoms with Gasteiger partial charge >= 0.3 is 0 Å². The van der Waals surface area contributed by atoms with Crippen LogP contribution in [0.1, 0.15) is 24.0 Å². The molecule has 0 fully saturated rings. The zero-order valence-corrected chi connectivity index (χ0v) is 15.7. The maximum atomic E-state index is 9.99. The van der Waals surface area contributed by atoms with Gasteiger partial charge in [-0.1, -0.05) is 36.4 Å². The van der Waals surface area contributed by atoms with Gasteiger partial charge in [0.2, 0.25) is 0 Å². The number of aromatic hydroxyl groups is 2. The van der Waals surface area contributed by atoms with E-state index in [1.807, 2.05) is 6.07 Å². The van der Waals surface area contributed by atoms with E-state index in [-0.39, 0.29) is 30.4 Å². The number of hydrogen-bond acceptors (Lipinski definition) is 7. The Labute approximate surface area is 164 Å². The van der Waals surface area contributed by atoms with Crippen molar-refractivity contribution in [3.63, 3.8) is 0 Å². The van der Waals surface area contributed by atoms with Crippen LogP contribution in [0, 0.1) is 5.92 Å². The topological polar surface area (TPSA) is 125 Å². The van der Waals surface area contributed by atoms with Crippen molar-refractivity contribution in [2.45, 2.75) is 38.4 Å². The molecule has 0 aliphatic rings. The minimum absolute atomic E-state index is 0.000675. The Hall–Kier alpha value is -2.16. The first-order chi connectivity index (χ1) is 13.3. The average Bonchev–Trinajstić information content (AvgIpc) is 2.62. The highest BCUT2D eigenvalue weighted by molar-refractivity contribution is 5.32. The van der Waals surface area contributed by atoms with Crippen LogP contribution in [0.3, 0.4) is 0 Å². The number of benzene rings is 2. The molecule has 0 aromatic heterocycles. The summed E-state index contributed by atoms with van der Waals surface area (Å²) >= 11 is 0. The zero-order chi connectivity index (χ0) is 20.5. The van der Waals surface area contributed by atoms with Crippen LogP contribution in [0.4, 0.5) is 0 Å². The van der Waals surface area contributed by atoms with Crippen molar-refractivity contribution in [3.05, 3.63) is 59.7 Å². The average molecular weight is 391 g/mol. The van der Waals surface area contributed by atoms with E-state index in [4.69, 9.17) is 0 Å². The molecular formula is C21H29NO6. The van der Waals surface area contributed by atoms with Gasteiger partial charge in [0, 0.05) is 25.1 Å². The molecule has 0 spiro atoms. The first-order valence-corrected chi connectivity index (χ1v) is 9.33. The number of phenolic OH excluding ortho intramolecular Hbond substituents is 2. The minimum Gasteiger partial charge on any atom is -0.508 e. The number of para-hydroxylation sites is 2. The smallest absolute Gasteiger partial charge is 0.164 e. The predicted octanol–water partition coefficient (Wildman–Crippen LogP) is 1.16. The van der Waals surface area contributed by atoms with E-state index in [1.165, 1.54) is 0 Å². The summed E-state index contributed by atoms with van der Waals surface area (Å²) < 4.78 is 0. The largest absolute Gasteiger partial charge is 0.508 e. The number of aliphatic hydroxyl groups is 4. The molecule has 28 heavy (non-hydrogen) atoms. The van der Waals surface area contributed by atoms with Crippen LogP contribution in [0.2, 0.25) is 0 Å². The molecule has 0 radical (unpaired) electrons. The second kappa shape index (κ2) is 11.0. The highest BCUT2D eigenvalue weighted by Gasteiger charge is 2.19. The van der Waals surface area contributed by atoms with E-state index in [1.54, 1.807) is 47.4 Å². The third-order valence-electron chi connectivity index (χ3n) is 4.70. The van der Waals surface area contributed by atoms with Crippen LogP contribution >= 0.6 is 0 Å². The van der Waals surface area contributed by atoms with Gasteiger partial charge in [-0.25, -0.2) is 0 Å². The highest BCUT2D eigenvalue weighted by atomic mass is 16.5. The van der Waals surface area contributed by atoms with Gasteiger partial charge in [0.1, 0.15) is 11.5 Å². The Morgan fingerprint density at radius 1 is 0.750 bits per heavy atom. The van der Waals surface area contributed by atoms with Crippen LogP contribution in [-0.2, 0) is 13.0 Å². The summed E-state index contributed by atoms with van der Waals surface area (Å²) in [5.74, 6) is 0.171. The Kier molecular flexibility index (Phi) is 8.69. The SMILES string of the molecule is Oc1ccccc1CC(CCN(Cc1ccccc1O)CC(O)O)CC(O)O. The van der Waals surface area contributed by atoms with Crippen LogP contribution in [-0.4, -0.2) is 61.2 Å². The van der Waals surface area contributed by atoms with Gasteiger partial charge in [-0.3, -0.25) is 4.90 Å². The molecule has 0 aliphatic heterocycles. The third-order valence-corrected chi connectivity index (χ3v) is 4.70. The van der Waals surface area contributed by atoms with E-state index in [0.717, 1.165) is 5.56 Å².